The fourth-order valence-corrected chi connectivity index (χ4v) is 4.20. The van der Waals surface area contributed by atoms with Crippen molar-refractivity contribution in [1.29, 1.82) is 0 Å². The number of anilines is 1. The Morgan fingerprint density at radius 2 is 1.79 bits per heavy atom. The van der Waals surface area contributed by atoms with E-state index >= 15 is 0 Å². The summed E-state index contributed by atoms with van der Waals surface area (Å²) >= 11 is 0. The fourth-order valence-electron chi connectivity index (χ4n) is 4.20. The Bertz CT molecular complexity index is 438. The van der Waals surface area contributed by atoms with Gasteiger partial charge in [-0.05, 0) is 42.9 Å². The van der Waals surface area contributed by atoms with Crippen LogP contribution < -0.4 is 5.32 Å². The van der Waals surface area contributed by atoms with Crippen LogP contribution in [0.5, 0.6) is 0 Å². The molecular weight excluding hydrogens is 234 g/mol. The molecule has 2 aliphatic carbocycles. The van der Waals surface area contributed by atoms with Crippen LogP contribution in [0.1, 0.15) is 65.8 Å². The molecule has 1 aromatic heterocycles. The number of aromatic nitrogens is 2. The number of hydrogen-bond acceptors (Lipinski definition) is 2. The summed E-state index contributed by atoms with van der Waals surface area (Å²) in [4.78, 5) is 4.52. The van der Waals surface area contributed by atoms with Crippen LogP contribution in [0.3, 0.4) is 0 Å². The average molecular weight is 261 g/mol. The van der Waals surface area contributed by atoms with Crippen molar-refractivity contribution in [3.63, 3.8) is 0 Å². The number of nitrogens with zero attached hydrogens (tertiary/aromatic N) is 2. The molecule has 2 fully saturated rings. The molecule has 0 atom stereocenters. The lowest BCUT2D eigenvalue weighted by Gasteiger charge is -2.45. The smallest absolute Gasteiger partial charge is 0.203 e. The van der Waals surface area contributed by atoms with E-state index in [-0.39, 0.29) is 0 Å². The molecule has 1 heterocycles. The molecule has 0 spiro atoms. The van der Waals surface area contributed by atoms with Gasteiger partial charge in [-0.2, -0.15) is 0 Å². The SMILES string of the molecule is CC1(C)CC(Nc2nccn2C2CC2)CC(C)(C)C1. The predicted molar refractivity (Wildman–Crippen MR) is 79.3 cm³/mol. The van der Waals surface area contributed by atoms with Crippen LogP contribution in [-0.2, 0) is 0 Å². The van der Waals surface area contributed by atoms with Gasteiger partial charge in [0.25, 0.3) is 0 Å². The van der Waals surface area contributed by atoms with Gasteiger partial charge in [-0.3, -0.25) is 0 Å². The van der Waals surface area contributed by atoms with Crippen molar-refractivity contribution >= 4 is 5.95 Å². The molecule has 0 amide bonds. The molecule has 3 nitrogen and oxygen atoms in total. The lowest BCUT2D eigenvalue weighted by atomic mass is 9.63. The Labute approximate surface area is 116 Å². The van der Waals surface area contributed by atoms with E-state index in [0.717, 1.165) is 5.95 Å². The van der Waals surface area contributed by atoms with Crippen LogP contribution in [0, 0.1) is 10.8 Å². The van der Waals surface area contributed by atoms with Gasteiger partial charge in [0.1, 0.15) is 0 Å². The molecule has 1 N–H and O–H groups in total. The van der Waals surface area contributed by atoms with Gasteiger partial charge in [-0.25, -0.2) is 4.98 Å². The minimum atomic E-state index is 0.427. The summed E-state index contributed by atoms with van der Waals surface area (Å²) in [5.74, 6) is 1.08. The minimum Gasteiger partial charge on any atom is -0.353 e. The molecule has 0 unspecified atom stereocenters. The first-order valence-electron chi connectivity index (χ1n) is 7.64. The van der Waals surface area contributed by atoms with E-state index in [0.29, 0.717) is 22.9 Å². The van der Waals surface area contributed by atoms with Crippen molar-refractivity contribution in [3.05, 3.63) is 12.4 Å². The van der Waals surface area contributed by atoms with Crippen molar-refractivity contribution in [2.24, 2.45) is 10.8 Å². The zero-order chi connectivity index (χ0) is 13.7. The third-order valence-corrected chi connectivity index (χ3v) is 4.50. The molecule has 0 aromatic carbocycles. The van der Waals surface area contributed by atoms with Gasteiger partial charge in [0.2, 0.25) is 5.95 Å². The molecule has 0 bridgehead atoms. The molecule has 1 aromatic rings. The first-order chi connectivity index (χ1) is 8.85. The third-order valence-electron chi connectivity index (χ3n) is 4.50. The molecule has 2 aliphatic rings. The zero-order valence-electron chi connectivity index (χ0n) is 12.7. The molecular formula is C16H27N3. The van der Waals surface area contributed by atoms with E-state index in [9.17, 15) is 0 Å². The number of nitrogens with one attached hydrogen (secondary N) is 1. The van der Waals surface area contributed by atoms with E-state index in [4.69, 9.17) is 0 Å². The van der Waals surface area contributed by atoms with Gasteiger partial charge in [0, 0.05) is 24.5 Å². The van der Waals surface area contributed by atoms with Crippen LogP contribution in [0.4, 0.5) is 5.95 Å². The molecule has 0 saturated heterocycles. The van der Waals surface area contributed by atoms with Gasteiger partial charge in [-0.1, -0.05) is 27.7 Å². The summed E-state index contributed by atoms with van der Waals surface area (Å²) in [6, 6.07) is 1.26. The summed E-state index contributed by atoms with van der Waals surface area (Å²) in [7, 11) is 0. The maximum absolute atomic E-state index is 4.52. The van der Waals surface area contributed by atoms with Crippen LogP contribution in [-0.4, -0.2) is 15.6 Å². The second kappa shape index (κ2) is 4.26. The Balaban J connectivity index is 1.73. The van der Waals surface area contributed by atoms with Crippen molar-refractivity contribution in [2.45, 2.75) is 71.9 Å². The average Bonchev–Trinajstić information content (AvgIpc) is 2.96. The highest BCUT2D eigenvalue weighted by Gasteiger charge is 2.39. The topological polar surface area (TPSA) is 29.9 Å². The Kier molecular flexibility index (Phi) is 2.91. The number of hydrogen-bond donors (Lipinski definition) is 1. The van der Waals surface area contributed by atoms with Gasteiger partial charge >= 0.3 is 0 Å². The van der Waals surface area contributed by atoms with Gasteiger partial charge in [0.15, 0.2) is 0 Å². The van der Waals surface area contributed by atoms with E-state index in [2.05, 4.69) is 48.8 Å². The number of rotatable bonds is 3. The van der Waals surface area contributed by atoms with E-state index in [1.54, 1.807) is 0 Å². The molecule has 106 valence electrons. The summed E-state index contributed by atoms with van der Waals surface area (Å²) in [6.07, 6.45) is 10.5. The van der Waals surface area contributed by atoms with Crippen LogP contribution >= 0.6 is 0 Å². The van der Waals surface area contributed by atoms with Gasteiger partial charge < -0.3 is 9.88 Å². The second-order valence-corrected chi connectivity index (χ2v) is 8.14. The van der Waals surface area contributed by atoms with Crippen molar-refractivity contribution in [3.8, 4) is 0 Å². The van der Waals surface area contributed by atoms with Crippen LogP contribution in [0.2, 0.25) is 0 Å². The maximum atomic E-state index is 4.52. The van der Waals surface area contributed by atoms with E-state index in [1.807, 2.05) is 6.20 Å². The summed E-state index contributed by atoms with van der Waals surface area (Å²) in [5.41, 5.74) is 0.854. The van der Waals surface area contributed by atoms with Crippen molar-refractivity contribution in [1.82, 2.24) is 9.55 Å². The van der Waals surface area contributed by atoms with Crippen molar-refractivity contribution < 1.29 is 0 Å². The monoisotopic (exact) mass is 261 g/mol. The Morgan fingerprint density at radius 1 is 1.16 bits per heavy atom. The zero-order valence-corrected chi connectivity index (χ0v) is 12.7. The van der Waals surface area contributed by atoms with Crippen LogP contribution in [0.25, 0.3) is 0 Å². The molecule has 0 radical (unpaired) electrons. The highest BCUT2D eigenvalue weighted by atomic mass is 15.2. The molecule has 3 rings (SSSR count). The third kappa shape index (κ3) is 2.96. The summed E-state index contributed by atoms with van der Waals surface area (Å²) < 4.78 is 2.33. The maximum Gasteiger partial charge on any atom is 0.203 e. The molecule has 0 aliphatic heterocycles. The molecule has 3 heteroatoms. The summed E-state index contributed by atoms with van der Waals surface area (Å²) in [6.45, 7) is 9.60. The minimum absolute atomic E-state index is 0.427. The molecule has 2 saturated carbocycles. The van der Waals surface area contributed by atoms with Gasteiger partial charge in [-0.15, -0.1) is 0 Å². The fraction of sp³-hybridized carbons (Fsp3) is 0.812. The second-order valence-electron chi connectivity index (χ2n) is 8.14. The van der Waals surface area contributed by atoms with E-state index in [1.165, 1.54) is 32.1 Å². The predicted octanol–water partition coefficient (Wildman–Crippen LogP) is 4.23. The standard InChI is InChI=1S/C16H27N3/c1-15(2)9-12(10-16(3,4)11-15)18-14-17-7-8-19(14)13-5-6-13/h7-8,12-13H,5-6,9-11H2,1-4H3,(H,17,18). The first-order valence-corrected chi connectivity index (χ1v) is 7.64. The Hall–Kier alpha value is -0.990. The first kappa shape index (κ1) is 13.0. The van der Waals surface area contributed by atoms with E-state index < -0.39 is 0 Å². The highest BCUT2D eigenvalue weighted by Crippen LogP contribution is 2.46. The quantitative estimate of drug-likeness (QED) is 0.882. The normalized spacial score (nSPS) is 26.3. The number of imidazole rings is 1. The van der Waals surface area contributed by atoms with Crippen molar-refractivity contribution in [2.75, 3.05) is 5.32 Å². The van der Waals surface area contributed by atoms with Gasteiger partial charge in [0.05, 0.1) is 0 Å². The largest absolute Gasteiger partial charge is 0.353 e. The highest BCUT2D eigenvalue weighted by molar-refractivity contribution is 5.30. The van der Waals surface area contributed by atoms with Crippen LogP contribution in [0.15, 0.2) is 12.4 Å². The Morgan fingerprint density at radius 3 is 2.37 bits per heavy atom. The molecule has 19 heavy (non-hydrogen) atoms. The summed E-state index contributed by atoms with van der Waals surface area (Å²) in [5, 5.41) is 3.71. The lowest BCUT2D eigenvalue weighted by molar-refractivity contribution is 0.105. The lowest BCUT2D eigenvalue weighted by Crippen LogP contribution is -2.40.